The van der Waals surface area contributed by atoms with Crippen molar-refractivity contribution >= 4 is 11.5 Å². The molecule has 2 heterocycles. The fourth-order valence-corrected chi connectivity index (χ4v) is 3.13. The highest BCUT2D eigenvalue weighted by molar-refractivity contribution is 5.46. The van der Waals surface area contributed by atoms with Crippen LogP contribution in [0.5, 0.6) is 5.75 Å². The van der Waals surface area contributed by atoms with Crippen molar-refractivity contribution in [2.24, 2.45) is 0 Å². The van der Waals surface area contributed by atoms with Crippen LogP contribution in [0.2, 0.25) is 0 Å². The number of aryl methyl sites for hydroxylation is 2. The van der Waals surface area contributed by atoms with Crippen LogP contribution in [0.15, 0.2) is 53.5 Å². The number of pyridine rings is 1. The standard InChI is InChI=1S/C19H19N3O2/c23-19-13-17(21-18-6-1-2-10-22(18)19)20-9-11-24-16-8-7-14-4-3-5-15(14)12-16/h1-2,6-8,10,12-13,20H,3-5,9,11H2. The summed E-state index contributed by atoms with van der Waals surface area (Å²) < 4.78 is 7.32. The number of benzene rings is 1. The summed E-state index contributed by atoms with van der Waals surface area (Å²) in [5, 5.41) is 3.15. The summed E-state index contributed by atoms with van der Waals surface area (Å²) in [7, 11) is 0. The van der Waals surface area contributed by atoms with E-state index in [0.717, 1.165) is 12.2 Å². The van der Waals surface area contributed by atoms with Gasteiger partial charge < -0.3 is 10.1 Å². The largest absolute Gasteiger partial charge is 0.492 e. The van der Waals surface area contributed by atoms with Crippen LogP contribution >= 0.6 is 0 Å². The molecule has 4 rings (SSSR count). The molecule has 1 aliphatic rings. The summed E-state index contributed by atoms with van der Waals surface area (Å²) in [6.45, 7) is 1.11. The Morgan fingerprint density at radius 1 is 1.12 bits per heavy atom. The second-order valence-corrected chi connectivity index (χ2v) is 5.97. The van der Waals surface area contributed by atoms with Gasteiger partial charge in [-0.05, 0) is 54.7 Å². The predicted molar refractivity (Wildman–Crippen MR) is 93.9 cm³/mol. The van der Waals surface area contributed by atoms with Crippen molar-refractivity contribution in [3.63, 3.8) is 0 Å². The quantitative estimate of drug-likeness (QED) is 0.734. The Kier molecular flexibility index (Phi) is 3.91. The second-order valence-electron chi connectivity index (χ2n) is 5.97. The number of aromatic nitrogens is 2. The van der Waals surface area contributed by atoms with Gasteiger partial charge >= 0.3 is 0 Å². The van der Waals surface area contributed by atoms with Crippen LogP contribution in [0.4, 0.5) is 5.82 Å². The normalized spacial score (nSPS) is 13.0. The third-order valence-electron chi connectivity index (χ3n) is 4.32. The zero-order valence-corrected chi connectivity index (χ0v) is 13.4. The summed E-state index contributed by atoms with van der Waals surface area (Å²) >= 11 is 0. The molecule has 122 valence electrons. The molecule has 0 saturated heterocycles. The smallest absolute Gasteiger partial charge is 0.259 e. The minimum atomic E-state index is -0.0948. The Hall–Kier alpha value is -2.82. The number of rotatable bonds is 5. The first kappa shape index (κ1) is 14.8. The number of anilines is 1. The summed E-state index contributed by atoms with van der Waals surface area (Å²) in [6, 6.07) is 13.3. The molecule has 0 radical (unpaired) electrons. The van der Waals surface area contributed by atoms with Gasteiger partial charge in [0.25, 0.3) is 5.56 Å². The maximum atomic E-state index is 12.0. The molecule has 1 aliphatic carbocycles. The van der Waals surface area contributed by atoms with Gasteiger partial charge in [0.2, 0.25) is 0 Å². The molecule has 0 fully saturated rings. The monoisotopic (exact) mass is 321 g/mol. The first-order valence-electron chi connectivity index (χ1n) is 8.26. The van der Waals surface area contributed by atoms with E-state index in [-0.39, 0.29) is 5.56 Å². The lowest BCUT2D eigenvalue weighted by atomic mass is 10.1. The summed E-state index contributed by atoms with van der Waals surface area (Å²) in [4.78, 5) is 16.4. The van der Waals surface area contributed by atoms with Crippen LogP contribution in [0.25, 0.3) is 5.65 Å². The molecule has 0 saturated carbocycles. The van der Waals surface area contributed by atoms with E-state index >= 15 is 0 Å². The van der Waals surface area contributed by atoms with Gasteiger partial charge in [-0.2, -0.15) is 0 Å². The minimum absolute atomic E-state index is 0.0948. The Morgan fingerprint density at radius 3 is 3.00 bits per heavy atom. The lowest BCUT2D eigenvalue weighted by molar-refractivity contribution is 0.332. The summed E-state index contributed by atoms with van der Waals surface area (Å²) in [6.07, 6.45) is 5.28. The Balaban J connectivity index is 1.37. The van der Waals surface area contributed by atoms with Crippen LogP contribution in [0, 0.1) is 0 Å². The van der Waals surface area contributed by atoms with Crippen LogP contribution in [-0.4, -0.2) is 22.5 Å². The highest BCUT2D eigenvalue weighted by Crippen LogP contribution is 2.25. The van der Waals surface area contributed by atoms with E-state index in [1.165, 1.54) is 34.4 Å². The number of nitrogens with zero attached hydrogens (tertiary/aromatic N) is 2. The van der Waals surface area contributed by atoms with Gasteiger partial charge in [-0.25, -0.2) is 4.98 Å². The molecule has 0 unspecified atom stereocenters. The predicted octanol–water partition coefficient (Wildman–Crippen LogP) is 2.67. The van der Waals surface area contributed by atoms with E-state index < -0.39 is 0 Å². The van der Waals surface area contributed by atoms with Crippen LogP contribution in [0.3, 0.4) is 0 Å². The number of hydrogen-bond acceptors (Lipinski definition) is 4. The average Bonchev–Trinajstić information content (AvgIpc) is 3.06. The average molecular weight is 321 g/mol. The molecular weight excluding hydrogens is 302 g/mol. The molecule has 1 aromatic carbocycles. The van der Waals surface area contributed by atoms with Crippen molar-refractivity contribution in [1.29, 1.82) is 0 Å². The van der Waals surface area contributed by atoms with Crippen molar-refractivity contribution in [2.75, 3.05) is 18.5 Å². The third-order valence-corrected chi connectivity index (χ3v) is 4.32. The lowest BCUT2D eigenvalue weighted by Crippen LogP contribution is -2.18. The van der Waals surface area contributed by atoms with Gasteiger partial charge in [0.15, 0.2) is 0 Å². The van der Waals surface area contributed by atoms with E-state index in [2.05, 4.69) is 22.4 Å². The van der Waals surface area contributed by atoms with Crippen molar-refractivity contribution in [3.05, 3.63) is 70.1 Å². The van der Waals surface area contributed by atoms with Gasteiger partial charge in [0.05, 0.1) is 6.54 Å². The van der Waals surface area contributed by atoms with E-state index in [1.807, 2.05) is 24.3 Å². The fraction of sp³-hybridized carbons (Fsp3) is 0.263. The van der Waals surface area contributed by atoms with E-state index in [4.69, 9.17) is 4.74 Å². The molecule has 0 aliphatic heterocycles. The molecule has 5 heteroatoms. The maximum absolute atomic E-state index is 12.0. The van der Waals surface area contributed by atoms with E-state index in [1.54, 1.807) is 6.20 Å². The number of ether oxygens (including phenoxy) is 1. The Labute approximate surface area is 139 Å². The number of fused-ring (bicyclic) bond motifs is 2. The summed E-state index contributed by atoms with van der Waals surface area (Å²) in [5.41, 5.74) is 3.39. The van der Waals surface area contributed by atoms with E-state index in [9.17, 15) is 4.79 Å². The zero-order chi connectivity index (χ0) is 16.4. The maximum Gasteiger partial charge on any atom is 0.259 e. The Bertz CT molecular complexity index is 933. The summed E-state index contributed by atoms with van der Waals surface area (Å²) in [5.74, 6) is 1.48. The van der Waals surface area contributed by atoms with Gasteiger partial charge in [0, 0.05) is 12.3 Å². The lowest BCUT2D eigenvalue weighted by Gasteiger charge is -2.10. The van der Waals surface area contributed by atoms with Gasteiger partial charge in [-0.1, -0.05) is 12.1 Å². The molecular formula is C19H19N3O2. The van der Waals surface area contributed by atoms with Crippen molar-refractivity contribution in [1.82, 2.24) is 9.38 Å². The highest BCUT2D eigenvalue weighted by atomic mass is 16.5. The number of nitrogens with one attached hydrogen (secondary N) is 1. The van der Waals surface area contributed by atoms with Crippen LogP contribution in [-0.2, 0) is 12.8 Å². The first-order valence-corrected chi connectivity index (χ1v) is 8.26. The molecule has 2 aromatic heterocycles. The first-order chi connectivity index (χ1) is 11.8. The van der Waals surface area contributed by atoms with Crippen LogP contribution < -0.4 is 15.6 Å². The molecule has 0 atom stereocenters. The topological polar surface area (TPSA) is 55.6 Å². The van der Waals surface area contributed by atoms with E-state index in [0.29, 0.717) is 24.6 Å². The van der Waals surface area contributed by atoms with Crippen molar-refractivity contribution in [2.45, 2.75) is 19.3 Å². The molecule has 5 nitrogen and oxygen atoms in total. The Morgan fingerprint density at radius 2 is 2.04 bits per heavy atom. The zero-order valence-electron chi connectivity index (χ0n) is 13.4. The van der Waals surface area contributed by atoms with Gasteiger partial charge in [0.1, 0.15) is 23.8 Å². The number of hydrogen-bond donors (Lipinski definition) is 1. The van der Waals surface area contributed by atoms with Crippen molar-refractivity contribution < 1.29 is 4.74 Å². The molecule has 0 spiro atoms. The highest BCUT2D eigenvalue weighted by Gasteiger charge is 2.11. The molecule has 0 bridgehead atoms. The third kappa shape index (κ3) is 2.97. The van der Waals surface area contributed by atoms with Gasteiger partial charge in [-0.3, -0.25) is 9.20 Å². The molecule has 1 N–H and O–H groups in total. The SMILES string of the molecule is O=c1cc(NCCOc2ccc3c(c2)CCC3)nc2ccccn12. The minimum Gasteiger partial charge on any atom is -0.492 e. The van der Waals surface area contributed by atoms with Crippen LogP contribution in [0.1, 0.15) is 17.5 Å². The van der Waals surface area contributed by atoms with Gasteiger partial charge in [-0.15, -0.1) is 0 Å². The van der Waals surface area contributed by atoms with Crippen molar-refractivity contribution in [3.8, 4) is 5.75 Å². The fourth-order valence-electron chi connectivity index (χ4n) is 3.13. The molecule has 0 amide bonds. The molecule has 3 aromatic rings. The molecule has 24 heavy (non-hydrogen) atoms. The second kappa shape index (κ2) is 6.35.